The molecule has 0 aliphatic heterocycles. The van der Waals surface area contributed by atoms with Crippen molar-refractivity contribution < 1.29 is 23.0 Å². The molecule has 0 bridgehead atoms. The Morgan fingerprint density at radius 3 is 2.40 bits per heavy atom. The minimum Gasteiger partial charge on any atom is -0.497 e. The molecule has 0 spiro atoms. The van der Waals surface area contributed by atoms with E-state index in [1.54, 1.807) is 68.6 Å². The second-order valence-electron chi connectivity index (χ2n) is 6.67. The van der Waals surface area contributed by atoms with E-state index in [0.717, 1.165) is 0 Å². The van der Waals surface area contributed by atoms with Crippen molar-refractivity contribution in [1.29, 1.82) is 0 Å². The van der Waals surface area contributed by atoms with Crippen molar-refractivity contribution in [3.8, 4) is 23.0 Å². The summed E-state index contributed by atoms with van der Waals surface area (Å²) in [6, 6.07) is 18.0. The molecule has 0 saturated heterocycles. The highest BCUT2D eigenvalue weighted by Crippen LogP contribution is 2.28. The van der Waals surface area contributed by atoms with Crippen LogP contribution in [0.15, 0.2) is 75.9 Å². The molecule has 3 aromatic carbocycles. The quantitative estimate of drug-likeness (QED) is 0.416. The lowest BCUT2D eigenvalue weighted by molar-refractivity contribution is 0.305. The fourth-order valence-electron chi connectivity index (χ4n) is 3.03. The zero-order valence-electron chi connectivity index (χ0n) is 16.5. The third kappa shape index (κ3) is 4.12. The molecule has 4 aromatic rings. The largest absolute Gasteiger partial charge is 0.497 e. The molecule has 30 heavy (non-hydrogen) atoms. The van der Waals surface area contributed by atoms with E-state index in [1.807, 2.05) is 0 Å². The first kappa shape index (κ1) is 19.5. The number of ether oxygens (including phenoxy) is 3. The van der Waals surface area contributed by atoms with Crippen LogP contribution in [0.3, 0.4) is 0 Å². The van der Waals surface area contributed by atoms with Crippen LogP contribution in [0.5, 0.6) is 23.0 Å². The van der Waals surface area contributed by atoms with Gasteiger partial charge in [-0.15, -0.1) is 0 Å². The molecule has 1 aromatic heterocycles. The van der Waals surface area contributed by atoms with Gasteiger partial charge in [0.1, 0.15) is 41.0 Å². The van der Waals surface area contributed by atoms with E-state index in [0.29, 0.717) is 39.5 Å². The summed E-state index contributed by atoms with van der Waals surface area (Å²) >= 11 is 0. The third-order valence-corrected chi connectivity index (χ3v) is 4.56. The molecule has 1 heterocycles. The highest BCUT2D eigenvalue weighted by molar-refractivity contribution is 5.79. The molecule has 0 radical (unpaired) electrons. The third-order valence-electron chi connectivity index (χ3n) is 4.56. The molecular formula is C24H19FO5. The van der Waals surface area contributed by atoms with Crippen LogP contribution < -0.4 is 19.6 Å². The number of halogens is 1. The molecule has 6 heteroatoms. The fourth-order valence-corrected chi connectivity index (χ4v) is 3.03. The Balaban J connectivity index is 1.59. The molecule has 0 aliphatic rings. The SMILES string of the molecule is COc1ccc(Oc2c(C)oc3cc(OCc4cccc(F)c4)ccc3c2=O)cc1. The number of aryl methyl sites for hydroxylation is 1. The molecule has 4 rings (SSSR count). The van der Waals surface area contributed by atoms with E-state index in [1.165, 1.54) is 12.1 Å². The Morgan fingerprint density at radius 2 is 1.67 bits per heavy atom. The number of rotatable bonds is 6. The zero-order valence-corrected chi connectivity index (χ0v) is 16.5. The van der Waals surface area contributed by atoms with Crippen molar-refractivity contribution >= 4 is 11.0 Å². The average molecular weight is 406 g/mol. The van der Waals surface area contributed by atoms with Gasteiger partial charge in [-0.25, -0.2) is 4.39 Å². The van der Waals surface area contributed by atoms with Crippen molar-refractivity contribution in [2.45, 2.75) is 13.5 Å². The van der Waals surface area contributed by atoms with Gasteiger partial charge in [0.15, 0.2) is 0 Å². The van der Waals surface area contributed by atoms with Gasteiger partial charge in [-0.05, 0) is 61.0 Å². The van der Waals surface area contributed by atoms with Gasteiger partial charge < -0.3 is 18.6 Å². The van der Waals surface area contributed by atoms with Crippen LogP contribution in [-0.4, -0.2) is 7.11 Å². The highest BCUT2D eigenvalue weighted by atomic mass is 19.1. The van der Waals surface area contributed by atoms with Crippen LogP contribution >= 0.6 is 0 Å². The van der Waals surface area contributed by atoms with Crippen molar-refractivity contribution in [2.75, 3.05) is 7.11 Å². The minimum absolute atomic E-state index is 0.126. The topological polar surface area (TPSA) is 57.9 Å². The van der Waals surface area contributed by atoms with Gasteiger partial charge in [-0.1, -0.05) is 12.1 Å². The molecule has 152 valence electrons. The summed E-state index contributed by atoms with van der Waals surface area (Å²) in [6.07, 6.45) is 0. The summed E-state index contributed by atoms with van der Waals surface area (Å²) in [5.41, 5.74) is 0.813. The summed E-state index contributed by atoms with van der Waals surface area (Å²) in [5, 5.41) is 0.377. The molecular weight excluding hydrogens is 387 g/mol. The first-order valence-electron chi connectivity index (χ1n) is 9.30. The normalized spacial score (nSPS) is 10.8. The van der Waals surface area contributed by atoms with Gasteiger partial charge in [-0.3, -0.25) is 4.79 Å². The van der Waals surface area contributed by atoms with Gasteiger partial charge >= 0.3 is 0 Å². The lowest BCUT2D eigenvalue weighted by Crippen LogP contribution is -2.07. The van der Waals surface area contributed by atoms with Gasteiger partial charge in [-0.2, -0.15) is 0 Å². The number of fused-ring (bicyclic) bond motifs is 1. The molecule has 0 fully saturated rings. The first-order chi connectivity index (χ1) is 14.5. The van der Waals surface area contributed by atoms with Crippen LogP contribution in [0.2, 0.25) is 0 Å². The lowest BCUT2D eigenvalue weighted by atomic mass is 10.2. The molecule has 0 N–H and O–H groups in total. The summed E-state index contributed by atoms with van der Waals surface area (Å²) < 4.78 is 35.7. The summed E-state index contributed by atoms with van der Waals surface area (Å²) in [7, 11) is 1.58. The molecule has 0 saturated carbocycles. The molecule has 5 nitrogen and oxygen atoms in total. The first-order valence-corrected chi connectivity index (χ1v) is 9.30. The van der Waals surface area contributed by atoms with E-state index in [-0.39, 0.29) is 23.6 Å². The Hall–Kier alpha value is -3.80. The maximum atomic E-state index is 13.3. The number of hydrogen-bond acceptors (Lipinski definition) is 5. The predicted molar refractivity (Wildman–Crippen MR) is 111 cm³/mol. The summed E-state index contributed by atoms with van der Waals surface area (Å²) in [4.78, 5) is 12.9. The smallest absolute Gasteiger partial charge is 0.235 e. The molecule has 0 unspecified atom stereocenters. The van der Waals surface area contributed by atoms with Crippen molar-refractivity contribution in [3.05, 3.63) is 94.1 Å². The standard InChI is InChI=1S/C24H19FO5/c1-15-24(30-19-8-6-18(27-2)7-9-19)23(26)21-11-10-20(13-22(21)29-15)28-14-16-4-3-5-17(25)12-16/h3-13H,14H2,1-2H3. The van der Waals surface area contributed by atoms with E-state index < -0.39 is 0 Å². The van der Waals surface area contributed by atoms with E-state index >= 15 is 0 Å². The van der Waals surface area contributed by atoms with E-state index in [9.17, 15) is 9.18 Å². The fraction of sp³-hybridized carbons (Fsp3) is 0.125. The number of benzene rings is 3. The Labute approximate surface area is 172 Å². The zero-order chi connectivity index (χ0) is 21.1. The van der Waals surface area contributed by atoms with Gasteiger partial charge in [0.25, 0.3) is 0 Å². The molecule has 0 amide bonds. The van der Waals surface area contributed by atoms with Crippen molar-refractivity contribution in [3.63, 3.8) is 0 Å². The number of methoxy groups -OCH3 is 1. The average Bonchev–Trinajstić information content (AvgIpc) is 2.75. The van der Waals surface area contributed by atoms with Gasteiger partial charge in [0, 0.05) is 6.07 Å². The van der Waals surface area contributed by atoms with Crippen LogP contribution in [0, 0.1) is 12.7 Å². The van der Waals surface area contributed by atoms with Gasteiger partial charge in [0.2, 0.25) is 11.2 Å². The summed E-state index contributed by atoms with van der Waals surface area (Å²) in [6.45, 7) is 1.87. The van der Waals surface area contributed by atoms with Crippen molar-refractivity contribution in [1.82, 2.24) is 0 Å². The van der Waals surface area contributed by atoms with Crippen LogP contribution in [0.1, 0.15) is 11.3 Å². The Morgan fingerprint density at radius 1 is 0.933 bits per heavy atom. The van der Waals surface area contributed by atoms with E-state index in [2.05, 4.69) is 0 Å². The Bertz CT molecular complexity index is 1240. The Kier molecular flexibility index (Phi) is 5.39. The van der Waals surface area contributed by atoms with E-state index in [4.69, 9.17) is 18.6 Å². The second-order valence-corrected chi connectivity index (χ2v) is 6.67. The lowest BCUT2D eigenvalue weighted by Gasteiger charge is -2.11. The maximum absolute atomic E-state index is 13.3. The monoisotopic (exact) mass is 406 g/mol. The minimum atomic E-state index is -0.319. The highest BCUT2D eigenvalue weighted by Gasteiger charge is 2.15. The molecule has 0 atom stereocenters. The second kappa shape index (κ2) is 8.29. The van der Waals surface area contributed by atoms with Crippen LogP contribution in [0.4, 0.5) is 4.39 Å². The van der Waals surface area contributed by atoms with Crippen LogP contribution in [-0.2, 0) is 6.61 Å². The number of hydrogen-bond donors (Lipinski definition) is 0. The van der Waals surface area contributed by atoms with Crippen LogP contribution in [0.25, 0.3) is 11.0 Å². The summed E-state index contributed by atoms with van der Waals surface area (Å²) in [5.74, 6) is 1.86. The van der Waals surface area contributed by atoms with Crippen molar-refractivity contribution in [2.24, 2.45) is 0 Å². The maximum Gasteiger partial charge on any atom is 0.235 e. The van der Waals surface area contributed by atoms with Gasteiger partial charge in [0.05, 0.1) is 12.5 Å². The predicted octanol–water partition coefficient (Wildman–Crippen LogP) is 5.62. The molecule has 0 aliphatic carbocycles.